The van der Waals surface area contributed by atoms with Gasteiger partial charge in [-0.1, -0.05) is 29.8 Å². The van der Waals surface area contributed by atoms with Crippen molar-refractivity contribution in [1.29, 1.82) is 0 Å². The van der Waals surface area contributed by atoms with Crippen LogP contribution in [0.25, 0.3) is 0 Å². The van der Waals surface area contributed by atoms with Crippen molar-refractivity contribution in [3.8, 4) is 0 Å². The van der Waals surface area contributed by atoms with Crippen LogP contribution in [0.5, 0.6) is 0 Å². The summed E-state index contributed by atoms with van der Waals surface area (Å²) in [6.07, 6.45) is 0.918. The molecule has 0 bridgehead atoms. The molecule has 1 aliphatic heterocycles. The van der Waals surface area contributed by atoms with Gasteiger partial charge in [0, 0.05) is 35.0 Å². The zero-order chi connectivity index (χ0) is 17.1. The van der Waals surface area contributed by atoms with Crippen LogP contribution in [0.2, 0.25) is 5.02 Å². The van der Waals surface area contributed by atoms with Crippen LogP contribution in [-0.4, -0.2) is 31.6 Å². The van der Waals surface area contributed by atoms with E-state index in [4.69, 9.17) is 21.1 Å². The molecule has 0 saturated heterocycles. The summed E-state index contributed by atoms with van der Waals surface area (Å²) in [6, 6.07) is 9.16. The summed E-state index contributed by atoms with van der Waals surface area (Å²) < 4.78 is 10.3. The lowest BCUT2D eigenvalue weighted by atomic mass is 10.0. The van der Waals surface area contributed by atoms with E-state index in [1.165, 1.54) is 22.4 Å². The molecule has 1 aliphatic rings. The van der Waals surface area contributed by atoms with Gasteiger partial charge in [0.2, 0.25) is 0 Å². The molecule has 6 heteroatoms. The zero-order valence-electron chi connectivity index (χ0n) is 13.8. The van der Waals surface area contributed by atoms with Crippen LogP contribution < -0.4 is 0 Å². The lowest BCUT2D eigenvalue weighted by Gasteiger charge is -2.33. The number of carbonyl (C=O) groups excluding carboxylic acids is 1. The van der Waals surface area contributed by atoms with Crippen LogP contribution in [0.1, 0.15) is 26.9 Å². The fourth-order valence-corrected chi connectivity index (χ4v) is 4.51. The highest BCUT2D eigenvalue weighted by atomic mass is 35.5. The van der Waals surface area contributed by atoms with E-state index in [0.717, 1.165) is 18.5 Å². The number of fused-ring (bicyclic) bond motifs is 1. The average molecular weight is 366 g/mol. The van der Waals surface area contributed by atoms with E-state index in [1.807, 2.05) is 24.3 Å². The second-order valence-corrected chi connectivity index (χ2v) is 7.39. The van der Waals surface area contributed by atoms with Crippen LogP contribution in [0.15, 0.2) is 30.3 Å². The van der Waals surface area contributed by atoms with Crippen molar-refractivity contribution in [3.05, 3.63) is 56.2 Å². The molecular formula is C18H20ClNO3S. The van der Waals surface area contributed by atoms with E-state index in [1.54, 1.807) is 18.4 Å². The molecule has 1 atom stereocenters. The summed E-state index contributed by atoms with van der Waals surface area (Å²) in [5.41, 5.74) is 2.06. The number of methoxy groups -OCH3 is 2. The molecule has 0 aliphatic carbocycles. The molecule has 4 nitrogen and oxygen atoms in total. The van der Waals surface area contributed by atoms with E-state index in [0.29, 0.717) is 18.2 Å². The zero-order valence-corrected chi connectivity index (χ0v) is 15.3. The molecule has 0 N–H and O–H groups in total. The highest BCUT2D eigenvalue weighted by Crippen LogP contribution is 2.35. The maximum atomic E-state index is 12.4. The average Bonchev–Trinajstić information content (AvgIpc) is 2.98. The minimum atomic E-state index is -0.484. The Hall–Kier alpha value is -1.40. The van der Waals surface area contributed by atoms with E-state index >= 15 is 0 Å². The number of hydrogen-bond acceptors (Lipinski definition) is 5. The van der Waals surface area contributed by atoms with E-state index in [9.17, 15) is 4.79 Å². The largest absolute Gasteiger partial charge is 0.468 e. The lowest BCUT2D eigenvalue weighted by molar-refractivity contribution is -0.147. The van der Waals surface area contributed by atoms with Crippen LogP contribution in [0, 0.1) is 0 Å². The molecule has 128 valence electrons. The highest BCUT2D eigenvalue weighted by molar-refractivity contribution is 7.12. The Morgan fingerprint density at radius 2 is 2.17 bits per heavy atom. The molecule has 3 rings (SSSR count). The molecule has 1 aromatic carbocycles. The first-order chi connectivity index (χ1) is 11.6. The van der Waals surface area contributed by atoms with Crippen molar-refractivity contribution in [3.63, 3.8) is 0 Å². The summed E-state index contributed by atoms with van der Waals surface area (Å²) in [6.45, 7) is 2.13. The van der Waals surface area contributed by atoms with Crippen molar-refractivity contribution in [1.82, 2.24) is 4.90 Å². The molecule has 2 heterocycles. The first-order valence-electron chi connectivity index (χ1n) is 7.79. The predicted molar refractivity (Wildman–Crippen MR) is 95.4 cm³/mol. The third kappa shape index (κ3) is 3.49. The van der Waals surface area contributed by atoms with Crippen molar-refractivity contribution >= 4 is 28.9 Å². The lowest BCUT2D eigenvalue weighted by Crippen LogP contribution is -2.38. The number of hydrogen-bond donors (Lipinski definition) is 0. The van der Waals surface area contributed by atoms with E-state index in [-0.39, 0.29) is 5.97 Å². The summed E-state index contributed by atoms with van der Waals surface area (Å²) in [5.74, 6) is -0.279. The predicted octanol–water partition coefficient (Wildman–Crippen LogP) is 3.82. The summed E-state index contributed by atoms with van der Waals surface area (Å²) in [7, 11) is 3.12. The van der Waals surface area contributed by atoms with Gasteiger partial charge in [-0.3, -0.25) is 4.90 Å². The number of thiophene rings is 1. The Morgan fingerprint density at radius 1 is 1.38 bits per heavy atom. The molecule has 24 heavy (non-hydrogen) atoms. The third-order valence-electron chi connectivity index (χ3n) is 4.22. The SMILES string of the molecule is COCc1cc2c(s1)CCN([C@H](C(=O)OC)c1ccccc1Cl)C2. The molecule has 1 aromatic heterocycles. The van der Waals surface area contributed by atoms with Crippen LogP contribution in [0.3, 0.4) is 0 Å². The smallest absolute Gasteiger partial charge is 0.327 e. The molecule has 0 amide bonds. The number of carbonyl (C=O) groups is 1. The monoisotopic (exact) mass is 365 g/mol. The summed E-state index contributed by atoms with van der Waals surface area (Å²) in [5, 5.41) is 0.587. The van der Waals surface area contributed by atoms with Gasteiger partial charge >= 0.3 is 5.97 Å². The van der Waals surface area contributed by atoms with Gasteiger partial charge in [0.1, 0.15) is 6.04 Å². The summed E-state index contributed by atoms with van der Waals surface area (Å²) in [4.78, 5) is 17.2. The van der Waals surface area contributed by atoms with Crippen molar-refractivity contribution in [2.75, 3.05) is 20.8 Å². The molecular weight excluding hydrogens is 346 g/mol. The van der Waals surface area contributed by atoms with E-state index in [2.05, 4.69) is 11.0 Å². The molecule has 0 spiro atoms. The molecule has 2 aromatic rings. The molecule has 0 unspecified atom stereocenters. The number of nitrogens with zero attached hydrogens (tertiary/aromatic N) is 1. The van der Waals surface area contributed by atoms with Crippen molar-refractivity contribution in [2.45, 2.75) is 25.6 Å². The quantitative estimate of drug-likeness (QED) is 0.755. The van der Waals surface area contributed by atoms with Gasteiger partial charge in [-0.05, 0) is 29.7 Å². The standard InChI is InChI=1S/C18H20ClNO3S/c1-22-11-13-9-12-10-20(8-7-16(12)24-13)17(18(21)23-2)14-5-3-4-6-15(14)19/h3-6,9,17H,7-8,10-11H2,1-2H3/t17-/m0/s1. The minimum Gasteiger partial charge on any atom is -0.468 e. The van der Waals surface area contributed by atoms with Gasteiger partial charge in [-0.2, -0.15) is 0 Å². The fourth-order valence-electron chi connectivity index (χ4n) is 3.13. The highest BCUT2D eigenvalue weighted by Gasteiger charge is 2.33. The van der Waals surface area contributed by atoms with Gasteiger partial charge in [0.15, 0.2) is 0 Å². The molecule has 0 radical (unpaired) electrons. The topological polar surface area (TPSA) is 38.8 Å². The normalized spacial score (nSPS) is 15.8. The van der Waals surface area contributed by atoms with Gasteiger partial charge in [0.05, 0.1) is 13.7 Å². The molecule has 0 saturated carbocycles. The third-order valence-corrected chi connectivity index (χ3v) is 5.78. The van der Waals surface area contributed by atoms with Gasteiger partial charge in [0.25, 0.3) is 0 Å². The number of rotatable bonds is 5. The van der Waals surface area contributed by atoms with Crippen molar-refractivity contribution < 1.29 is 14.3 Å². The minimum absolute atomic E-state index is 0.279. The molecule has 0 fully saturated rings. The van der Waals surface area contributed by atoms with Gasteiger partial charge in [-0.15, -0.1) is 11.3 Å². The second-order valence-electron chi connectivity index (χ2n) is 5.76. The van der Waals surface area contributed by atoms with Crippen LogP contribution >= 0.6 is 22.9 Å². The number of benzene rings is 1. The maximum absolute atomic E-state index is 12.4. The van der Waals surface area contributed by atoms with E-state index < -0.39 is 6.04 Å². The Morgan fingerprint density at radius 3 is 2.88 bits per heavy atom. The summed E-state index contributed by atoms with van der Waals surface area (Å²) >= 11 is 8.13. The Bertz CT molecular complexity index is 731. The number of ether oxygens (including phenoxy) is 2. The van der Waals surface area contributed by atoms with Crippen molar-refractivity contribution in [2.24, 2.45) is 0 Å². The maximum Gasteiger partial charge on any atom is 0.327 e. The Balaban J connectivity index is 1.89. The second kappa shape index (κ2) is 7.66. The Kier molecular flexibility index (Phi) is 5.56. The van der Waals surface area contributed by atoms with Crippen LogP contribution in [0.4, 0.5) is 0 Å². The first kappa shape index (κ1) is 17.4. The van der Waals surface area contributed by atoms with Gasteiger partial charge < -0.3 is 9.47 Å². The Labute approximate surface area is 150 Å². The first-order valence-corrected chi connectivity index (χ1v) is 8.99. The van der Waals surface area contributed by atoms with Gasteiger partial charge in [-0.25, -0.2) is 4.79 Å². The fraction of sp³-hybridized carbons (Fsp3) is 0.389. The number of halogens is 1. The van der Waals surface area contributed by atoms with Crippen LogP contribution in [-0.2, 0) is 33.8 Å². The number of esters is 1.